The van der Waals surface area contributed by atoms with Gasteiger partial charge < -0.3 is 9.64 Å². The third kappa shape index (κ3) is 10.2. The van der Waals surface area contributed by atoms with Crippen molar-refractivity contribution < 1.29 is 9.53 Å². The van der Waals surface area contributed by atoms with Gasteiger partial charge in [0.15, 0.2) is 11.3 Å². The Kier molecular flexibility index (Phi) is 14.4. The molecule has 9 nitrogen and oxygen atoms in total. The molecule has 3 aliphatic rings. The van der Waals surface area contributed by atoms with Gasteiger partial charge in [-0.3, -0.25) is 4.79 Å². The molecule has 55 heavy (non-hydrogen) atoms. The molecule has 1 atom stereocenters. The van der Waals surface area contributed by atoms with Gasteiger partial charge >= 0.3 is 0 Å². The molecule has 0 N–H and O–H groups in total. The number of unbranched alkanes of at least 4 members (excludes halogenated alkanes) is 4. The van der Waals surface area contributed by atoms with Crippen molar-refractivity contribution in [1.29, 1.82) is 15.8 Å². The predicted molar refractivity (Wildman–Crippen MR) is 219 cm³/mol. The van der Waals surface area contributed by atoms with E-state index in [9.17, 15) is 20.6 Å². The van der Waals surface area contributed by atoms with Crippen LogP contribution < -0.4 is 4.90 Å². The second kappa shape index (κ2) is 18.6. The maximum absolute atomic E-state index is 12.5. The van der Waals surface area contributed by atoms with Crippen molar-refractivity contribution in [1.82, 2.24) is 0 Å². The first-order valence-corrected chi connectivity index (χ1v) is 19.7. The van der Waals surface area contributed by atoms with Crippen molar-refractivity contribution in [2.45, 2.75) is 124 Å². The van der Waals surface area contributed by atoms with Gasteiger partial charge in [0.1, 0.15) is 35.2 Å². The van der Waals surface area contributed by atoms with Crippen LogP contribution in [-0.4, -0.2) is 24.5 Å². The highest BCUT2D eigenvalue weighted by atomic mass is 35.5. The quantitative estimate of drug-likeness (QED) is 0.0571. The summed E-state index contributed by atoms with van der Waals surface area (Å²) in [4.78, 5) is 17.7. The number of ketones is 1. The minimum Gasteiger partial charge on any atom is -0.480 e. The molecule has 10 heteroatoms. The van der Waals surface area contributed by atoms with Gasteiger partial charge in [-0.25, -0.2) is 0 Å². The molecule has 0 spiro atoms. The van der Waals surface area contributed by atoms with Crippen LogP contribution in [-0.2, 0) is 14.9 Å². The number of carbonyl (C=O) groups is 1. The highest BCUT2D eigenvalue weighted by Gasteiger charge is 2.41. The van der Waals surface area contributed by atoms with Gasteiger partial charge in [0, 0.05) is 58.2 Å². The molecule has 2 heterocycles. The predicted octanol–water partition coefficient (Wildman–Crippen LogP) is 12.0. The largest absolute Gasteiger partial charge is 0.480 e. The lowest BCUT2D eigenvalue weighted by Gasteiger charge is -2.36. The average molecular weight is 760 g/mol. The third-order valence-electron chi connectivity index (χ3n) is 11.1. The number of halogens is 1. The first-order valence-electron chi connectivity index (χ1n) is 19.4. The molecule has 4 rings (SSSR count). The van der Waals surface area contributed by atoms with Crippen LogP contribution in [0.4, 0.5) is 5.69 Å². The van der Waals surface area contributed by atoms with E-state index in [0.717, 1.165) is 69.1 Å². The van der Waals surface area contributed by atoms with Gasteiger partial charge in [-0.2, -0.15) is 15.8 Å². The average Bonchev–Trinajstić information content (AvgIpc) is 3.52. The number of para-hydroxylation sites is 1. The van der Waals surface area contributed by atoms with E-state index in [4.69, 9.17) is 21.9 Å². The summed E-state index contributed by atoms with van der Waals surface area (Å²) in [5.41, 5.74) is 13.5. The summed E-state index contributed by atoms with van der Waals surface area (Å²) in [6.45, 7) is 16.3. The number of hydrogen-bond acceptors (Lipinski definition) is 7. The highest BCUT2D eigenvalue weighted by Crippen LogP contribution is 2.49. The summed E-state index contributed by atoms with van der Waals surface area (Å²) in [5, 5.41) is 33.3. The Morgan fingerprint density at radius 3 is 2.31 bits per heavy atom. The highest BCUT2D eigenvalue weighted by molar-refractivity contribution is 6.32. The Hall–Kier alpha value is -5.00. The summed E-state index contributed by atoms with van der Waals surface area (Å²) in [5.74, 6) is 0.631. The molecule has 0 fully saturated rings. The van der Waals surface area contributed by atoms with Gasteiger partial charge in [-0.05, 0) is 98.1 Å². The molecule has 0 bridgehead atoms. The number of hydrogen-bond donors (Lipinski definition) is 0. The van der Waals surface area contributed by atoms with Crippen LogP contribution in [0.3, 0.4) is 0 Å². The normalized spacial score (nSPS) is 20.3. The number of azide groups is 1. The number of rotatable bonds is 15. The van der Waals surface area contributed by atoms with Crippen LogP contribution in [0.5, 0.6) is 0 Å². The second-order valence-electron chi connectivity index (χ2n) is 16.7. The number of nitriles is 3. The lowest BCUT2D eigenvalue weighted by Crippen LogP contribution is -2.27. The Morgan fingerprint density at radius 2 is 1.67 bits per heavy atom. The van der Waals surface area contributed by atoms with Crippen LogP contribution in [0, 0.1) is 45.3 Å². The van der Waals surface area contributed by atoms with E-state index < -0.39 is 5.60 Å². The van der Waals surface area contributed by atoms with Gasteiger partial charge in [0.25, 0.3) is 0 Å². The Bertz CT molecular complexity index is 1990. The summed E-state index contributed by atoms with van der Waals surface area (Å²) in [7, 11) is 0. The van der Waals surface area contributed by atoms with E-state index in [1.165, 1.54) is 16.9 Å². The SMILES string of the molecule is CC1(C)OC(=C(C#N)C#N)C(C#N)=C1/C=C/C1=C(Cl)C(=C/C=C2/N(CCCCCC(=O)CCCCCN=[N+]=[N-])c3ccccc3C2(C)C)/CC(C(C)(C)C)C1. The fourth-order valence-corrected chi connectivity index (χ4v) is 8.01. The minimum absolute atomic E-state index is 0.00348. The van der Waals surface area contributed by atoms with Crippen molar-refractivity contribution in [3.05, 3.63) is 109 Å². The number of anilines is 1. The fraction of sp³-hybridized carbons (Fsp3) is 0.511. The van der Waals surface area contributed by atoms with E-state index in [0.29, 0.717) is 41.7 Å². The minimum atomic E-state index is -0.915. The smallest absolute Gasteiger partial charge is 0.172 e. The standard InChI is InChI=1S/C45H54ClN7O2/c1-43(2,3)34-26-31(20-22-37-36(30-49)42(33(28-47)29-48)55-45(37,6)7)41(46)32(27-34)21-23-40-44(4,5)38-18-12-13-19-39(38)53(40)25-15-9-11-17-35(54)16-10-8-14-24-51-52-50/h12-13,18-23,34H,8-11,14-17,24-27H2,1-7H3/b22-20+,32-21+,40-23+. The molecule has 0 amide bonds. The van der Waals surface area contributed by atoms with Gasteiger partial charge in [-0.15, -0.1) is 0 Å². The topological polar surface area (TPSA) is 150 Å². The van der Waals surface area contributed by atoms with E-state index in [1.54, 1.807) is 0 Å². The Morgan fingerprint density at radius 1 is 1.00 bits per heavy atom. The molecule has 0 saturated carbocycles. The molecular formula is C45H54ClN7O2. The van der Waals surface area contributed by atoms with Crippen molar-refractivity contribution in [2.75, 3.05) is 18.0 Å². The lowest BCUT2D eigenvalue weighted by molar-refractivity contribution is -0.119. The van der Waals surface area contributed by atoms with Crippen LogP contribution in [0.2, 0.25) is 0 Å². The number of carbonyl (C=O) groups excluding carboxylic acids is 1. The van der Waals surface area contributed by atoms with Crippen LogP contribution >= 0.6 is 11.6 Å². The second-order valence-corrected chi connectivity index (χ2v) is 17.1. The maximum atomic E-state index is 12.5. The maximum Gasteiger partial charge on any atom is 0.172 e. The molecule has 288 valence electrons. The summed E-state index contributed by atoms with van der Waals surface area (Å²) < 4.78 is 5.99. The Balaban J connectivity index is 1.60. The molecule has 2 aliphatic heterocycles. The van der Waals surface area contributed by atoms with E-state index in [2.05, 4.69) is 92.0 Å². The lowest BCUT2D eigenvalue weighted by atomic mass is 9.70. The van der Waals surface area contributed by atoms with Gasteiger partial charge in [0.05, 0.1) is 0 Å². The molecule has 0 radical (unpaired) electrons. The van der Waals surface area contributed by atoms with Crippen molar-refractivity contribution >= 4 is 23.1 Å². The summed E-state index contributed by atoms with van der Waals surface area (Å²) in [6, 6.07) is 14.5. The fourth-order valence-electron chi connectivity index (χ4n) is 7.73. The first-order chi connectivity index (χ1) is 26.1. The number of benzene rings is 1. The summed E-state index contributed by atoms with van der Waals surface area (Å²) >= 11 is 7.27. The number of nitrogens with zero attached hydrogens (tertiary/aromatic N) is 7. The van der Waals surface area contributed by atoms with Crippen molar-refractivity contribution in [3.8, 4) is 18.2 Å². The van der Waals surface area contributed by atoms with Crippen LogP contribution in [0.1, 0.15) is 118 Å². The molecule has 1 aliphatic carbocycles. The zero-order valence-corrected chi connectivity index (χ0v) is 34.3. The number of allylic oxidation sites excluding steroid dienone is 9. The molecule has 0 aromatic heterocycles. The molecule has 1 aromatic rings. The monoisotopic (exact) mass is 759 g/mol. The van der Waals surface area contributed by atoms with Crippen molar-refractivity contribution in [2.24, 2.45) is 16.4 Å². The van der Waals surface area contributed by atoms with E-state index >= 15 is 0 Å². The Labute approximate surface area is 332 Å². The number of fused-ring (bicyclic) bond motifs is 1. The zero-order valence-electron chi connectivity index (χ0n) is 33.5. The van der Waals surface area contributed by atoms with Gasteiger partial charge in [0.2, 0.25) is 0 Å². The molecular weight excluding hydrogens is 706 g/mol. The number of ether oxygens (including phenoxy) is 1. The van der Waals surface area contributed by atoms with Crippen molar-refractivity contribution in [3.63, 3.8) is 0 Å². The first kappa shape index (κ1) is 42.7. The molecule has 0 saturated heterocycles. The van der Waals surface area contributed by atoms with E-state index in [-0.39, 0.29) is 27.7 Å². The van der Waals surface area contributed by atoms with Gasteiger partial charge in [-0.1, -0.05) is 101 Å². The zero-order chi connectivity index (χ0) is 40.4. The van der Waals surface area contributed by atoms with Crippen LogP contribution in [0.25, 0.3) is 10.4 Å². The number of Topliss-reactive ketones (excluding diaryl/α,β-unsaturated/α-hetero) is 1. The van der Waals surface area contributed by atoms with Crippen LogP contribution in [0.15, 0.2) is 98.0 Å². The van der Waals surface area contributed by atoms with E-state index in [1.807, 2.05) is 38.1 Å². The third-order valence-corrected chi connectivity index (χ3v) is 11.6. The molecule has 1 unspecified atom stereocenters. The molecule has 1 aromatic carbocycles. The summed E-state index contributed by atoms with van der Waals surface area (Å²) in [6.07, 6.45) is 16.4.